The third-order valence-electron chi connectivity index (χ3n) is 4.40. The van der Waals surface area contributed by atoms with Gasteiger partial charge in [0.05, 0.1) is 23.2 Å². The summed E-state index contributed by atoms with van der Waals surface area (Å²) in [5, 5.41) is 13.8. The second-order valence-electron chi connectivity index (χ2n) is 6.31. The molecule has 0 aliphatic carbocycles. The first-order chi connectivity index (χ1) is 12.5. The molecule has 8 nitrogen and oxygen atoms in total. The van der Waals surface area contributed by atoms with E-state index in [1.54, 1.807) is 30.5 Å². The van der Waals surface area contributed by atoms with Crippen molar-refractivity contribution in [1.29, 1.82) is 0 Å². The number of piperazine rings is 1. The van der Waals surface area contributed by atoms with E-state index in [4.69, 9.17) is 0 Å². The fourth-order valence-corrected chi connectivity index (χ4v) is 2.90. The van der Waals surface area contributed by atoms with E-state index in [0.29, 0.717) is 11.3 Å². The highest BCUT2D eigenvalue weighted by Crippen LogP contribution is 2.19. The predicted octanol–water partition coefficient (Wildman–Crippen LogP) is 1.92. The number of carbonyl (C=O) groups excluding carboxylic acids is 1. The maximum Gasteiger partial charge on any atom is 0.273 e. The Hall–Kier alpha value is -3.00. The first kappa shape index (κ1) is 17.8. The van der Waals surface area contributed by atoms with E-state index in [1.165, 1.54) is 6.07 Å². The lowest BCUT2D eigenvalue weighted by molar-refractivity contribution is -0.385. The summed E-state index contributed by atoms with van der Waals surface area (Å²) in [4.78, 5) is 31.6. The molecule has 1 N–H and O–H groups in total. The van der Waals surface area contributed by atoms with E-state index in [0.717, 1.165) is 32.0 Å². The molecule has 2 heterocycles. The minimum atomic E-state index is -0.477. The number of aromatic nitrogens is 1. The molecular formula is C18H21N5O3. The van der Waals surface area contributed by atoms with Crippen molar-refractivity contribution in [1.82, 2.24) is 9.88 Å². The molecule has 1 aliphatic heterocycles. The number of para-hydroxylation sites is 1. The Bertz CT molecular complexity index is 786. The van der Waals surface area contributed by atoms with Crippen LogP contribution in [-0.4, -0.2) is 53.9 Å². The summed E-state index contributed by atoms with van der Waals surface area (Å²) in [7, 11) is 2.10. The van der Waals surface area contributed by atoms with Crippen LogP contribution in [0.4, 0.5) is 17.2 Å². The molecule has 1 aliphatic rings. The van der Waals surface area contributed by atoms with Gasteiger partial charge in [0.1, 0.15) is 5.82 Å². The second-order valence-corrected chi connectivity index (χ2v) is 6.31. The SMILES string of the molecule is CN1CCN(c2ccc(NC(=O)Cc3ccccc3[N+](=O)[O-])cn2)CC1. The van der Waals surface area contributed by atoms with Crippen LogP contribution in [0.2, 0.25) is 0 Å². The monoisotopic (exact) mass is 355 g/mol. The van der Waals surface area contributed by atoms with Crippen molar-refractivity contribution in [2.45, 2.75) is 6.42 Å². The summed E-state index contributed by atoms with van der Waals surface area (Å²) < 4.78 is 0. The Morgan fingerprint density at radius 2 is 1.92 bits per heavy atom. The third kappa shape index (κ3) is 4.34. The van der Waals surface area contributed by atoms with Crippen molar-refractivity contribution >= 4 is 23.1 Å². The van der Waals surface area contributed by atoms with Crippen LogP contribution in [0.3, 0.4) is 0 Å². The van der Waals surface area contributed by atoms with E-state index in [2.05, 4.69) is 27.1 Å². The Labute approximate surface area is 151 Å². The lowest BCUT2D eigenvalue weighted by atomic mass is 10.1. The Morgan fingerprint density at radius 3 is 2.58 bits per heavy atom. The number of likely N-dealkylation sites (N-methyl/N-ethyl adjacent to an activating group) is 1. The van der Waals surface area contributed by atoms with Crippen molar-refractivity contribution in [3.05, 3.63) is 58.3 Å². The van der Waals surface area contributed by atoms with Gasteiger partial charge in [0, 0.05) is 37.8 Å². The number of pyridine rings is 1. The molecule has 3 rings (SSSR count). The summed E-state index contributed by atoms with van der Waals surface area (Å²) in [6, 6.07) is 9.94. The number of nitrogens with zero attached hydrogens (tertiary/aromatic N) is 4. The zero-order valence-corrected chi connectivity index (χ0v) is 14.6. The van der Waals surface area contributed by atoms with Crippen LogP contribution in [-0.2, 0) is 11.2 Å². The number of hydrogen-bond acceptors (Lipinski definition) is 6. The lowest BCUT2D eigenvalue weighted by Crippen LogP contribution is -2.44. The van der Waals surface area contributed by atoms with Crippen molar-refractivity contribution in [3.63, 3.8) is 0 Å². The molecule has 1 aromatic carbocycles. The highest BCUT2D eigenvalue weighted by molar-refractivity contribution is 5.92. The van der Waals surface area contributed by atoms with Crippen LogP contribution in [0.1, 0.15) is 5.56 Å². The van der Waals surface area contributed by atoms with Gasteiger partial charge in [0.2, 0.25) is 5.91 Å². The summed E-state index contributed by atoms with van der Waals surface area (Å²) in [6.45, 7) is 3.84. The number of anilines is 2. The smallest absolute Gasteiger partial charge is 0.273 e. The molecule has 0 atom stereocenters. The van der Waals surface area contributed by atoms with Gasteiger partial charge in [-0.25, -0.2) is 4.98 Å². The summed E-state index contributed by atoms with van der Waals surface area (Å²) in [6.07, 6.45) is 1.56. The number of nitro benzene ring substituents is 1. The Balaban J connectivity index is 1.61. The zero-order valence-electron chi connectivity index (χ0n) is 14.6. The number of hydrogen-bond donors (Lipinski definition) is 1. The molecule has 0 spiro atoms. The molecule has 0 radical (unpaired) electrons. The maximum atomic E-state index is 12.2. The number of carbonyl (C=O) groups is 1. The topological polar surface area (TPSA) is 91.6 Å². The minimum absolute atomic E-state index is 0.0498. The van der Waals surface area contributed by atoms with Crippen molar-refractivity contribution in [3.8, 4) is 0 Å². The molecule has 1 saturated heterocycles. The predicted molar refractivity (Wildman–Crippen MR) is 99.4 cm³/mol. The Morgan fingerprint density at radius 1 is 1.19 bits per heavy atom. The van der Waals surface area contributed by atoms with E-state index in [9.17, 15) is 14.9 Å². The molecule has 2 aromatic rings. The van der Waals surface area contributed by atoms with E-state index < -0.39 is 4.92 Å². The molecule has 8 heteroatoms. The number of nitrogens with one attached hydrogen (secondary N) is 1. The van der Waals surface area contributed by atoms with Gasteiger partial charge in [-0.3, -0.25) is 14.9 Å². The molecular weight excluding hydrogens is 334 g/mol. The van der Waals surface area contributed by atoms with Gasteiger partial charge in [0.15, 0.2) is 0 Å². The van der Waals surface area contributed by atoms with Crippen LogP contribution >= 0.6 is 0 Å². The normalized spacial score (nSPS) is 14.9. The maximum absolute atomic E-state index is 12.2. The van der Waals surface area contributed by atoms with Crippen LogP contribution in [0, 0.1) is 10.1 Å². The van der Waals surface area contributed by atoms with Gasteiger partial charge in [-0.1, -0.05) is 18.2 Å². The van der Waals surface area contributed by atoms with Crippen LogP contribution < -0.4 is 10.2 Å². The lowest BCUT2D eigenvalue weighted by Gasteiger charge is -2.33. The van der Waals surface area contributed by atoms with E-state index in [-0.39, 0.29) is 18.0 Å². The third-order valence-corrected chi connectivity index (χ3v) is 4.40. The quantitative estimate of drug-likeness (QED) is 0.651. The summed E-state index contributed by atoms with van der Waals surface area (Å²) in [5.41, 5.74) is 0.912. The Kier molecular flexibility index (Phi) is 5.43. The average Bonchev–Trinajstić information content (AvgIpc) is 2.63. The number of benzene rings is 1. The summed E-state index contributed by atoms with van der Waals surface area (Å²) >= 11 is 0. The molecule has 1 amide bonds. The zero-order chi connectivity index (χ0) is 18.5. The van der Waals surface area contributed by atoms with Gasteiger partial charge >= 0.3 is 0 Å². The minimum Gasteiger partial charge on any atom is -0.354 e. The van der Waals surface area contributed by atoms with Crippen molar-refractivity contribution in [2.24, 2.45) is 0 Å². The fraction of sp³-hybridized carbons (Fsp3) is 0.333. The molecule has 26 heavy (non-hydrogen) atoms. The second kappa shape index (κ2) is 7.92. The molecule has 0 bridgehead atoms. The van der Waals surface area contributed by atoms with Gasteiger partial charge in [-0.05, 0) is 19.2 Å². The van der Waals surface area contributed by atoms with E-state index >= 15 is 0 Å². The summed E-state index contributed by atoms with van der Waals surface area (Å²) in [5.74, 6) is 0.572. The van der Waals surface area contributed by atoms with E-state index in [1.807, 2.05) is 6.07 Å². The molecule has 1 fully saturated rings. The molecule has 0 saturated carbocycles. The number of rotatable bonds is 5. The first-order valence-corrected chi connectivity index (χ1v) is 8.44. The molecule has 1 aromatic heterocycles. The van der Waals surface area contributed by atoms with Gasteiger partial charge < -0.3 is 15.1 Å². The average molecular weight is 355 g/mol. The van der Waals surface area contributed by atoms with Gasteiger partial charge in [-0.2, -0.15) is 0 Å². The molecule has 0 unspecified atom stereocenters. The largest absolute Gasteiger partial charge is 0.354 e. The van der Waals surface area contributed by atoms with Crippen LogP contribution in [0.15, 0.2) is 42.6 Å². The van der Waals surface area contributed by atoms with Crippen molar-refractivity contribution < 1.29 is 9.72 Å². The first-order valence-electron chi connectivity index (χ1n) is 8.44. The highest BCUT2D eigenvalue weighted by Gasteiger charge is 2.17. The van der Waals surface area contributed by atoms with Crippen LogP contribution in [0.5, 0.6) is 0 Å². The number of nitro groups is 1. The van der Waals surface area contributed by atoms with Gasteiger partial charge in [0.25, 0.3) is 5.69 Å². The standard InChI is InChI=1S/C18H21N5O3/c1-21-8-10-22(11-9-21)17-7-6-15(13-19-17)20-18(24)12-14-4-2-3-5-16(14)23(25)26/h2-7,13H,8-12H2,1H3,(H,20,24). The van der Waals surface area contributed by atoms with Crippen molar-refractivity contribution in [2.75, 3.05) is 43.4 Å². The van der Waals surface area contributed by atoms with Gasteiger partial charge in [-0.15, -0.1) is 0 Å². The number of amides is 1. The van der Waals surface area contributed by atoms with Crippen LogP contribution in [0.25, 0.3) is 0 Å². The highest BCUT2D eigenvalue weighted by atomic mass is 16.6. The fourth-order valence-electron chi connectivity index (χ4n) is 2.90. The molecule has 136 valence electrons.